The third-order valence-corrected chi connectivity index (χ3v) is 3.83. The van der Waals surface area contributed by atoms with Gasteiger partial charge in [-0.3, -0.25) is 4.79 Å². The Hall–Kier alpha value is -2.82. The van der Waals surface area contributed by atoms with Gasteiger partial charge >= 0.3 is 0 Å². The highest BCUT2D eigenvalue weighted by Gasteiger charge is 2.07. The van der Waals surface area contributed by atoms with Crippen LogP contribution >= 0.6 is 0 Å². The maximum atomic E-state index is 11.9. The van der Waals surface area contributed by atoms with Crippen LogP contribution in [0.5, 0.6) is 11.5 Å². The van der Waals surface area contributed by atoms with E-state index in [2.05, 4.69) is 30.4 Å². The van der Waals surface area contributed by atoms with Crippen molar-refractivity contribution >= 4 is 12.1 Å². The molecule has 26 heavy (non-hydrogen) atoms. The molecule has 2 aromatic carbocycles. The molecule has 0 aliphatic rings. The molecule has 1 N–H and O–H groups in total. The lowest BCUT2D eigenvalue weighted by Gasteiger charge is -2.12. The van der Waals surface area contributed by atoms with Crippen molar-refractivity contribution < 1.29 is 14.3 Å². The van der Waals surface area contributed by atoms with Crippen molar-refractivity contribution in [3.8, 4) is 11.5 Å². The van der Waals surface area contributed by atoms with Crippen molar-refractivity contribution in [1.29, 1.82) is 0 Å². The summed E-state index contributed by atoms with van der Waals surface area (Å²) in [5.74, 6) is 1.63. The first-order valence-electron chi connectivity index (χ1n) is 8.77. The number of rotatable bonds is 8. The van der Waals surface area contributed by atoms with Gasteiger partial charge in [0.2, 0.25) is 0 Å². The van der Waals surface area contributed by atoms with Gasteiger partial charge in [-0.15, -0.1) is 0 Å². The second-order valence-corrected chi connectivity index (χ2v) is 6.26. The molecule has 0 fully saturated rings. The summed E-state index contributed by atoms with van der Waals surface area (Å²) in [6.07, 6.45) is 1.58. The Balaban J connectivity index is 1.84. The summed E-state index contributed by atoms with van der Waals surface area (Å²) in [5, 5.41) is 3.95. The van der Waals surface area contributed by atoms with E-state index in [1.165, 1.54) is 5.56 Å². The van der Waals surface area contributed by atoms with Crippen LogP contribution in [-0.4, -0.2) is 25.3 Å². The van der Waals surface area contributed by atoms with Crippen molar-refractivity contribution in [1.82, 2.24) is 5.43 Å². The number of hydrazone groups is 1. The van der Waals surface area contributed by atoms with Crippen LogP contribution in [0.4, 0.5) is 0 Å². The number of amides is 1. The van der Waals surface area contributed by atoms with Gasteiger partial charge in [-0.25, -0.2) is 5.43 Å². The van der Waals surface area contributed by atoms with Crippen molar-refractivity contribution in [2.75, 3.05) is 13.2 Å². The second kappa shape index (κ2) is 9.61. The minimum atomic E-state index is -0.304. The molecular weight excluding hydrogens is 328 g/mol. The van der Waals surface area contributed by atoms with Crippen LogP contribution in [-0.2, 0) is 4.79 Å². The Kier molecular flexibility index (Phi) is 7.21. The molecule has 2 aromatic rings. The number of hydrogen-bond acceptors (Lipinski definition) is 4. The fraction of sp³-hybridized carbons (Fsp3) is 0.333. The molecule has 0 unspecified atom stereocenters. The number of nitrogens with zero attached hydrogens (tertiary/aromatic N) is 1. The maximum absolute atomic E-state index is 11.9. The highest BCUT2D eigenvalue weighted by Crippen LogP contribution is 2.24. The monoisotopic (exact) mass is 354 g/mol. The summed E-state index contributed by atoms with van der Waals surface area (Å²) in [4.78, 5) is 11.9. The molecule has 0 heterocycles. The van der Waals surface area contributed by atoms with E-state index in [-0.39, 0.29) is 12.5 Å². The highest BCUT2D eigenvalue weighted by molar-refractivity contribution is 5.83. The molecule has 0 aliphatic heterocycles. The minimum Gasteiger partial charge on any atom is -0.494 e. The van der Waals surface area contributed by atoms with Crippen molar-refractivity contribution in [3.63, 3.8) is 0 Å². The van der Waals surface area contributed by atoms with Gasteiger partial charge in [0.05, 0.1) is 12.8 Å². The van der Waals surface area contributed by atoms with Crippen LogP contribution in [0.1, 0.15) is 43.4 Å². The Labute approximate surface area is 155 Å². The number of nitrogens with one attached hydrogen (secondary N) is 1. The number of aryl methyl sites for hydroxylation is 1. The first kappa shape index (κ1) is 19.5. The van der Waals surface area contributed by atoms with E-state index in [1.54, 1.807) is 6.21 Å². The topological polar surface area (TPSA) is 59.9 Å². The van der Waals surface area contributed by atoms with Crippen LogP contribution in [0.25, 0.3) is 0 Å². The van der Waals surface area contributed by atoms with Gasteiger partial charge in [0.25, 0.3) is 5.91 Å². The zero-order chi connectivity index (χ0) is 18.9. The molecule has 0 saturated carbocycles. The van der Waals surface area contributed by atoms with Crippen LogP contribution in [0.2, 0.25) is 0 Å². The summed E-state index contributed by atoms with van der Waals surface area (Å²) >= 11 is 0. The smallest absolute Gasteiger partial charge is 0.277 e. The average Bonchev–Trinajstić information content (AvgIpc) is 2.62. The van der Waals surface area contributed by atoms with Crippen molar-refractivity contribution in [3.05, 3.63) is 59.2 Å². The third-order valence-electron chi connectivity index (χ3n) is 3.83. The maximum Gasteiger partial charge on any atom is 0.277 e. The number of ether oxygens (including phenoxy) is 2. The average molecular weight is 354 g/mol. The van der Waals surface area contributed by atoms with Gasteiger partial charge < -0.3 is 9.47 Å². The van der Waals surface area contributed by atoms with E-state index >= 15 is 0 Å². The van der Waals surface area contributed by atoms with Gasteiger partial charge in [0.15, 0.2) is 6.61 Å². The molecular formula is C21H26N2O3. The summed E-state index contributed by atoms with van der Waals surface area (Å²) in [6.45, 7) is 8.69. The van der Waals surface area contributed by atoms with Crippen LogP contribution < -0.4 is 14.9 Å². The molecule has 138 valence electrons. The molecule has 5 nitrogen and oxygen atoms in total. The standard InChI is InChI=1S/C21H26N2O3/c1-5-25-19-10-7-17(8-11-19)13-22-23-21(24)14-26-20-12-18(15(2)3)9-6-16(20)4/h6-13,15H,5,14H2,1-4H3,(H,23,24)/b22-13-. The lowest BCUT2D eigenvalue weighted by Crippen LogP contribution is -2.24. The fourth-order valence-corrected chi connectivity index (χ4v) is 2.30. The van der Waals surface area contributed by atoms with Crippen LogP contribution in [0.15, 0.2) is 47.6 Å². The summed E-state index contributed by atoms with van der Waals surface area (Å²) in [7, 11) is 0. The third kappa shape index (κ3) is 5.92. The van der Waals surface area contributed by atoms with Gasteiger partial charge in [0, 0.05) is 0 Å². The molecule has 0 bridgehead atoms. The summed E-state index contributed by atoms with van der Waals surface area (Å²) in [6, 6.07) is 13.5. The van der Waals surface area contributed by atoms with Gasteiger partial charge in [-0.05, 0) is 66.8 Å². The van der Waals surface area contributed by atoms with E-state index < -0.39 is 0 Å². The molecule has 0 spiro atoms. The molecule has 1 amide bonds. The lowest BCUT2D eigenvalue weighted by molar-refractivity contribution is -0.123. The van der Waals surface area contributed by atoms with E-state index in [9.17, 15) is 4.79 Å². The fourth-order valence-electron chi connectivity index (χ4n) is 2.30. The minimum absolute atomic E-state index is 0.0804. The van der Waals surface area contributed by atoms with Crippen molar-refractivity contribution in [2.24, 2.45) is 5.10 Å². The molecule has 2 rings (SSSR count). The molecule has 0 aromatic heterocycles. The number of carbonyl (C=O) groups is 1. The molecule has 0 radical (unpaired) electrons. The number of hydrogen-bond donors (Lipinski definition) is 1. The Morgan fingerprint density at radius 3 is 2.54 bits per heavy atom. The van der Waals surface area contributed by atoms with E-state index in [0.29, 0.717) is 12.5 Å². The van der Waals surface area contributed by atoms with Gasteiger partial charge in [0.1, 0.15) is 11.5 Å². The largest absolute Gasteiger partial charge is 0.494 e. The Morgan fingerprint density at radius 1 is 1.15 bits per heavy atom. The lowest BCUT2D eigenvalue weighted by atomic mass is 10.0. The Morgan fingerprint density at radius 2 is 1.88 bits per heavy atom. The van der Waals surface area contributed by atoms with Crippen LogP contribution in [0.3, 0.4) is 0 Å². The van der Waals surface area contributed by atoms with E-state index in [1.807, 2.05) is 50.2 Å². The Bertz CT molecular complexity index is 752. The highest BCUT2D eigenvalue weighted by atomic mass is 16.5. The molecule has 0 saturated heterocycles. The first-order valence-corrected chi connectivity index (χ1v) is 8.77. The van der Waals surface area contributed by atoms with Crippen molar-refractivity contribution in [2.45, 2.75) is 33.6 Å². The quantitative estimate of drug-likeness (QED) is 0.575. The van der Waals surface area contributed by atoms with E-state index in [0.717, 1.165) is 22.6 Å². The normalized spacial score (nSPS) is 11.0. The molecule has 0 atom stereocenters. The zero-order valence-electron chi connectivity index (χ0n) is 15.8. The van der Waals surface area contributed by atoms with E-state index in [4.69, 9.17) is 9.47 Å². The van der Waals surface area contributed by atoms with Crippen LogP contribution in [0, 0.1) is 6.92 Å². The van der Waals surface area contributed by atoms with Gasteiger partial charge in [-0.1, -0.05) is 26.0 Å². The zero-order valence-corrected chi connectivity index (χ0v) is 15.8. The summed E-state index contributed by atoms with van der Waals surface area (Å²) in [5.41, 5.74) is 5.52. The SMILES string of the molecule is CCOc1ccc(/C=N\NC(=O)COc2cc(C(C)C)ccc2C)cc1. The predicted molar refractivity (Wildman–Crippen MR) is 104 cm³/mol. The summed E-state index contributed by atoms with van der Waals surface area (Å²) < 4.78 is 11.0. The molecule has 0 aliphatic carbocycles. The number of benzene rings is 2. The van der Waals surface area contributed by atoms with Gasteiger partial charge in [-0.2, -0.15) is 5.10 Å². The first-order chi connectivity index (χ1) is 12.5. The molecule has 5 heteroatoms. The number of carbonyl (C=O) groups excluding carboxylic acids is 1. The second-order valence-electron chi connectivity index (χ2n) is 6.26. The predicted octanol–water partition coefficient (Wildman–Crippen LogP) is 4.05.